The van der Waals surface area contributed by atoms with Crippen LogP contribution < -0.4 is 10.6 Å². The molecule has 0 saturated carbocycles. The van der Waals surface area contributed by atoms with Gasteiger partial charge in [-0.3, -0.25) is 0 Å². The molecule has 6 nitrogen and oxygen atoms in total. The zero-order valence-corrected chi connectivity index (χ0v) is 12.3. The van der Waals surface area contributed by atoms with Crippen molar-refractivity contribution in [2.75, 3.05) is 18.0 Å². The summed E-state index contributed by atoms with van der Waals surface area (Å²) in [6.07, 6.45) is 5.66. The summed E-state index contributed by atoms with van der Waals surface area (Å²) in [7, 11) is 0. The van der Waals surface area contributed by atoms with Gasteiger partial charge in [0.05, 0.1) is 0 Å². The van der Waals surface area contributed by atoms with Gasteiger partial charge in [-0.2, -0.15) is 4.98 Å². The fourth-order valence-corrected chi connectivity index (χ4v) is 2.55. The number of hydrogen-bond donors (Lipinski definition) is 1. The third-order valence-corrected chi connectivity index (χ3v) is 3.80. The van der Waals surface area contributed by atoms with Crippen LogP contribution in [0.4, 0.5) is 5.82 Å². The number of aryl methyl sites for hydroxylation is 1. The summed E-state index contributed by atoms with van der Waals surface area (Å²) in [5, 5.41) is 4.00. The highest BCUT2D eigenvalue weighted by atomic mass is 16.5. The molecule has 1 aliphatic rings. The van der Waals surface area contributed by atoms with Gasteiger partial charge in [0.2, 0.25) is 0 Å². The van der Waals surface area contributed by atoms with E-state index in [-0.39, 0.29) is 0 Å². The Morgan fingerprint density at radius 2 is 2.19 bits per heavy atom. The van der Waals surface area contributed by atoms with E-state index in [1.54, 1.807) is 6.20 Å². The van der Waals surface area contributed by atoms with Gasteiger partial charge in [-0.1, -0.05) is 12.1 Å². The number of hydrogen-bond acceptors (Lipinski definition) is 6. The molecule has 2 N–H and O–H groups in total. The lowest BCUT2D eigenvalue weighted by molar-refractivity contribution is 0.422. The maximum atomic E-state index is 5.95. The Balaban J connectivity index is 1.79. The van der Waals surface area contributed by atoms with Gasteiger partial charge in [0.15, 0.2) is 5.82 Å². The second-order valence-electron chi connectivity index (χ2n) is 5.49. The predicted molar refractivity (Wildman–Crippen MR) is 80.9 cm³/mol. The van der Waals surface area contributed by atoms with Crippen molar-refractivity contribution in [1.82, 2.24) is 15.1 Å². The first kappa shape index (κ1) is 14.0. The standard InChI is InChI=1S/C15H21N5O/c1-2-3-13-18-15(21-19-13)11-4-7-17-14(10-11)20-8-5-12(16)6-9-20/h4,7,10,12H,2-3,5-6,8-9,16H2,1H3. The molecule has 21 heavy (non-hydrogen) atoms. The predicted octanol–water partition coefficient (Wildman–Crippen LogP) is 2.01. The molecule has 1 saturated heterocycles. The molecular formula is C15H21N5O. The summed E-state index contributed by atoms with van der Waals surface area (Å²) < 4.78 is 5.34. The van der Waals surface area contributed by atoms with Crippen LogP contribution in [0.15, 0.2) is 22.9 Å². The molecule has 2 aromatic rings. The lowest BCUT2D eigenvalue weighted by Crippen LogP contribution is -2.40. The Labute approximate surface area is 124 Å². The van der Waals surface area contributed by atoms with E-state index in [1.807, 2.05) is 12.1 Å². The molecule has 0 bridgehead atoms. The topological polar surface area (TPSA) is 81.1 Å². The molecule has 0 aromatic carbocycles. The summed E-state index contributed by atoms with van der Waals surface area (Å²) in [5.41, 5.74) is 6.87. The van der Waals surface area contributed by atoms with E-state index in [0.717, 1.165) is 56.0 Å². The normalized spacial score (nSPS) is 16.4. The van der Waals surface area contributed by atoms with Crippen molar-refractivity contribution in [2.45, 2.75) is 38.6 Å². The minimum atomic E-state index is 0.317. The Morgan fingerprint density at radius 3 is 2.95 bits per heavy atom. The first-order chi connectivity index (χ1) is 10.3. The maximum Gasteiger partial charge on any atom is 0.258 e. The van der Waals surface area contributed by atoms with Crippen molar-refractivity contribution in [3.8, 4) is 11.5 Å². The minimum Gasteiger partial charge on any atom is -0.356 e. The first-order valence-corrected chi connectivity index (χ1v) is 7.56. The summed E-state index contributed by atoms with van der Waals surface area (Å²) in [6.45, 7) is 3.99. The second kappa shape index (κ2) is 6.22. The highest BCUT2D eigenvalue weighted by Gasteiger charge is 2.18. The molecule has 112 valence electrons. The van der Waals surface area contributed by atoms with Gasteiger partial charge in [-0.25, -0.2) is 4.98 Å². The number of piperidine rings is 1. The van der Waals surface area contributed by atoms with Gasteiger partial charge < -0.3 is 15.2 Å². The quantitative estimate of drug-likeness (QED) is 0.926. The lowest BCUT2D eigenvalue weighted by atomic mass is 10.1. The second-order valence-corrected chi connectivity index (χ2v) is 5.49. The number of aromatic nitrogens is 3. The van der Waals surface area contributed by atoms with Crippen LogP contribution in [0.25, 0.3) is 11.5 Å². The van der Waals surface area contributed by atoms with Crippen molar-refractivity contribution in [3.05, 3.63) is 24.2 Å². The first-order valence-electron chi connectivity index (χ1n) is 7.56. The van der Waals surface area contributed by atoms with Gasteiger partial charge in [-0.05, 0) is 31.4 Å². The van der Waals surface area contributed by atoms with Crippen LogP contribution >= 0.6 is 0 Å². The van der Waals surface area contributed by atoms with Gasteiger partial charge >= 0.3 is 0 Å². The summed E-state index contributed by atoms with van der Waals surface area (Å²) >= 11 is 0. The van der Waals surface area contributed by atoms with Crippen LogP contribution in [-0.4, -0.2) is 34.3 Å². The Hall–Kier alpha value is -1.95. The summed E-state index contributed by atoms with van der Waals surface area (Å²) in [5.74, 6) is 2.28. The van der Waals surface area contributed by atoms with Gasteiger partial charge in [0.1, 0.15) is 5.82 Å². The molecule has 1 fully saturated rings. The van der Waals surface area contributed by atoms with Crippen LogP contribution in [0.2, 0.25) is 0 Å². The van der Waals surface area contributed by atoms with E-state index in [0.29, 0.717) is 11.9 Å². The molecule has 0 unspecified atom stereocenters. The molecule has 1 aliphatic heterocycles. The molecule has 2 aromatic heterocycles. The maximum absolute atomic E-state index is 5.95. The van der Waals surface area contributed by atoms with E-state index >= 15 is 0 Å². The van der Waals surface area contributed by atoms with Crippen molar-refractivity contribution in [3.63, 3.8) is 0 Å². The zero-order valence-electron chi connectivity index (χ0n) is 12.3. The number of anilines is 1. The molecule has 3 heterocycles. The smallest absolute Gasteiger partial charge is 0.258 e. The number of rotatable bonds is 4. The van der Waals surface area contributed by atoms with Crippen LogP contribution in [-0.2, 0) is 6.42 Å². The zero-order chi connectivity index (χ0) is 14.7. The van der Waals surface area contributed by atoms with Crippen LogP contribution in [0.1, 0.15) is 32.0 Å². The van der Waals surface area contributed by atoms with E-state index < -0.39 is 0 Å². The van der Waals surface area contributed by atoms with Crippen molar-refractivity contribution >= 4 is 5.82 Å². The number of pyridine rings is 1. The molecule has 0 spiro atoms. The number of nitrogens with zero attached hydrogens (tertiary/aromatic N) is 4. The van der Waals surface area contributed by atoms with Crippen LogP contribution in [0.5, 0.6) is 0 Å². The van der Waals surface area contributed by atoms with E-state index in [2.05, 4.69) is 26.9 Å². The Morgan fingerprint density at radius 1 is 1.38 bits per heavy atom. The van der Waals surface area contributed by atoms with Crippen molar-refractivity contribution in [2.24, 2.45) is 5.73 Å². The summed E-state index contributed by atoms with van der Waals surface area (Å²) in [4.78, 5) is 11.1. The average molecular weight is 287 g/mol. The van der Waals surface area contributed by atoms with Gasteiger partial charge in [0, 0.05) is 37.3 Å². The summed E-state index contributed by atoms with van der Waals surface area (Å²) in [6, 6.07) is 4.24. The van der Waals surface area contributed by atoms with E-state index in [1.165, 1.54) is 0 Å². The Kier molecular flexibility index (Phi) is 4.15. The fraction of sp³-hybridized carbons (Fsp3) is 0.533. The van der Waals surface area contributed by atoms with Crippen LogP contribution in [0, 0.1) is 0 Å². The molecule has 3 rings (SSSR count). The lowest BCUT2D eigenvalue weighted by Gasteiger charge is -2.31. The largest absolute Gasteiger partial charge is 0.356 e. The molecule has 0 aliphatic carbocycles. The monoisotopic (exact) mass is 287 g/mol. The molecule has 0 amide bonds. The molecular weight excluding hydrogens is 266 g/mol. The van der Waals surface area contributed by atoms with Crippen molar-refractivity contribution in [1.29, 1.82) is 0 Å². The van der Waals surface area contributed by atoms with Crippen molar-refractivity contribution < 1.29 is 4.52 Å². The molecule has 6 heteroatoms. The third-order valence-electron chi connectivity index (χ3n) is 3.80. The minimum absolute atomic E-state index is 0.317. The van der Waals surface area contributed by atoms with Gasteiger partial charge in [0.25, 0.3) is 5.89 Å². The Bertz CT molecular complexity index is 589. The SMILES string of the molecule is CCCc1noc(-c2ccnc(N3CCC(N)CC3)c2)n1. The molecule has 0 radical (unpaired) electrons. The van der Waals surface area contributed by atoms with Crippen LogP contribution in [0.3, 0.4) is 0 Å². The number of nitrogens with two attached hydrogens (primary N) is 1. The average Bonchev–Trinajstić information content (AvgIpc) is 2.97. The van der Waals surface area contributed by atoms with E-state index in [4.69, 9.17) is 10.3 Å². The van der Waals surface area contributed by atoms with E-state index in [9.17, 15) is 0 Å². The highest BCUT2D eigenvalue weighted by molar-refractivity contribution is 5.58. The van der Waals surface area contributed by atoms with Gasteiger partial charge in [-0.15, -0.1) is 0 Å². The third kappa shape index (κ3) is 3.21. The fourth-order valence-electron chi connectivity index (χ4n) is 2.55. The highest BCUT2D eigenvalue weighted by Crippen LogP contribution is 2.23. The molecule has 0 atom stereocenters.